The van der Waals surface area contributed by atoms with Crippen LogP contribution in [0, 0.1) is 5.82 Å². The fourth-order valence-corrected chi connectivity index (χ4v) is 2.56. The Morgan fingerprint density at radius 1 is 1.17 bits per heavy atom. The average Bonchev–Trinajstić information content (AvgIpc) is 3.14. The topological polar surface area (TPSA) is 83.8 Å². The molecule has 4 rings (SSSR count). The highest BCUT2D eigenvalue weighted by Crippen LogP contribution is 2.21. The lowest BCUT2D eigenvalue weighted by Crippen LogP contribution is -2.28. The Morgan fingerprint density at radius 3 is 2.63 bits per heavy atom. The molecule has 0 atom stereocenters. The summed E-state index contributed by atoms with van der Waals surface area (Å²) >= 11 is 0. The zero-order valence-electron chi connectivity index (χ0n) is 18.1. The van der Waals surface area contributed by atoms with Crippen LogP contribution in [0.1, 0.15) is 29.8 Å². The molecule has 1 aliphatic rings. The largest absolute Gasteiger partial charge is 0.491 e. The first-order valence-electron chi connectivity index (χ1n) is 9.82. The number of anilines is 1. The molecule has 0 aliphatic carbocycles. The minimum absolute atomic E-state index is 0.267. The first kappa shape index (κ1) is 23.1. The van der Waals surface area contributed by atoms with Crippen LogP contribution in [0.2, 0.25) is 0 Å². The molecule has 9 heteroatoms. The molecule has 1 amide bonds. The Morgan fingerprint density at radius 2 is 1.90 bits per heavy atom. The van der Waals surface area contributed by atoms with Crippen molar-refractivity contribution in [3.05, 3.63) is 53.6 Å². The van der Waals surface area contributed by atoms with Crippen LogP contribution in [0.5, 0.6) is 5.75 Å². The molecule has 2 aromatic heterocycles. The second-order valence-electron chi connectivity index (χ2n) is 6.69. The number of halogens is 1. The minimum Gasteiger partial charge on any atom is -0.491 e. The lowest BCUT2D eigenvalue weighted by Gasteiger charge is -2.12. The first-order chi connectivity index (χ1) is 14.4. The van der Waals surface area contributed by atoms with Gasteiger partial charge in [0.25, 0.3) is 5.91 Å². The van der Waals surface area contributed by atoms with Gasteiger partial charge in [0.1, 0.15) is 29.6 Å². The van der Waals surface area contributed by atoms with Crippen molar-refractivity contribution < 1.29 is 13.9 Å². The predicted molar refractivity (Wildman–Crippen MR) is 116 cm³/mol. The Bertz CT molecular complexity index is 971. The molecule has 3 aromatic rings. The summed E-state index contributed by atoms with van der Waals surface area (Å²) in [5, 5.41) is 10.0. The smallest absolute Gasteiger partial charge is 0.256 e. The van der Waals surface area contributed by atoms with Crippen molar-refractivity contribution in [1.82, 2.24) is 24.8 Å². The lowest BCUT2D eigenvalue weighted by atomic mass is 10.2. The maximum Gasteiger partial charge on any atom is 0.256 e. The van der Waals surface area contributed by atoms with Crippen LogP contribution < -0.4 is 15.4 Å². The van der Waals surface area contributed by atoms with Crippen molar-refractivity contribution in [2.75, 3.05) is 39.6 Å². The predicted octanol–water partition coefficient (Wildman–Crippen LogP) is 2.81. The third-order valence-corrected chi connectivity index (χ3v) is 3.74. The summed E-state index contributed by atoms with van der Waals surface area (Å²) in [6.07, 6.45) is 3.19. The van der Waals surface area contributed by atoms with Crippen LogP contribution in [-0.2, 0) is 6.54 Å². The molecule has 0 unspecified atom stereocenters. The van der Waals surface area contributed by atoms with Crippen LogP contribution in [-0.4, -0.2) is 59.7 Å². The van der Waals surface area contributed by atoms with Gasteiger partial charge in [-0.05, 0) is 45.4 Å². The molecule has 0 saturated carbocycles. The Labute approximate surface area is 176 Å². The van der Waals surface area contributed by atoms with Gasteiger partial charge in [-0.2, -0.15) is 5.10 Å². The van der Waals surface area contributed by atoms with E-state index in [1.54, 1.807) is 18.3 Å². The van der Waals surface area contributed by atoms with E-state index in [-0.39, 0.29) is 18.3 Å². The summed E-state index contributed by atoms with van der Waals surface area (Å²) in [6.45, 7) is 4.95. The van der Waals surface area contributed by atoms with Gasteiger partial charge in [0.2, 0.25) is 0 Å². The molecule has 2 bridgehead atoms. The van der Waals surface area contributed by atoms with Crippen LogP contribution in [0.4, 0.5) is 10.2 Å². The second-order valence-corrected chi connectivity index (χ2v) is 6.69. The number of hydrogen-bond donors (Lipinski definition) is 2. The van der Waals surface area contributed by atoms with Gasteiger partial charge < -0.3 is 20.3 Å². The number of rotatable bonds is 0. The number of nitrogens with one attached hydrogen (secondary N) is 2. The maximum absolute atomic E-state index is 13.5. The van der Waals surface area contributed by atoms with Crippen LogP contribution in [0.3, 0.4) is 0 Å². The third-order valence-electron chi connectivity index (χ3n) is 3.74. The van der Waals surface area contributed by atoms with Gasteiger partial charge in [-0.15, -0.1) is 0 Å². The van der Waals surface area contributed by atoms with Crippen molar-refractivity contribution in [2.24, 2.45) is 0 Å². The highest BCUT2D eigenvalue weighted by molar-refractivity contribution is 5.99. The molecule has 2 N–H and O–H groups in total. The lowest BCUT2D eigenvalue weighted by molar-refractivity contribution is 0.0948. The number of amides is 1. The minimum atomic E-state index is -0.335. The van der Waals surface area contributed by atoms with Crippen molar-refractivity contribution in [3.63, 3.8) is 0 Å². The molecule has 1 aromatic carbocycles. The first-order valence-corrected chi connectivity index (χ1v) is 9.82. The van der Waals surface area contributed by atoms with E-state index in [2.05, 4.69) is 20.7 Å². The van der Waals surface area contributed by atoms with E-state index >= 15 is 0 Å². The van der Waals surface area contributed by atoms with Gasteiger partial charge in [-0.25, -0.2) is 13.9 Å². The van der Waals surface area contributed by atoms with Gasteiger partial charge in [-0.3, -0.25) is 4.79 Å². The molecule has 0 saturated heterocycles. The molecule has 0 radical (unpaired) electrons. The van der Waals surface area contributed by atoms with Crippen LogP contribution in [0.25, 0.3) is 5.65 Å². The van der Waals surface area contributed by atoms with Crippen molar-refractivity contribution in [1.29, 1.82) is 0 Å². The summed E-state index contributed by atoms with van der Waals surface area (Å²) < 4.78 is 20.7. The van der Waals surface area contributed by atoms with Crippen LogP contribution >= 0.6 is 0 Å². The van der Waals surface area contributed by atoms with E-state index < -0.39 is 0 Å². The number of carbonyl (C=O) groups excluding carboxylic acids is 1. The maximum atomic E-state index is 13.5. The molecular formula is C21H29FN6O2. The Balaban J connectivity index is 0.000000481. The van der Waals surface area contributed by atoms with E-state index in [0.717, 1.165) is 0 Å². The summed E-state index contributed by atoms with van der Waals surface area (Å²) in [5.41, 5.74) is 1.52. The molecule has 8 nitrogen and oxygen atoms in total. The molecular weight excluding hydrogens is 387 g/mol. The van der Waals surface area contributed by atoms with Gasteiger partial charge in [0.15, 0.2) is 5.65 Å². The third kappa shape index (κ3) is 6.15. The fourth-order valence-electron chi connectivity index (χ4n) is 2.56. The quantitative estimate of drug-likeness (QED) is 0.586. The van der Waals surface area contributed by atoms with Crippen molar-refractivity contribution in [3.8, 4) is 5.75 Å². The fraction of sp³-hybridized carbons (Fsp3) is 0.381. The van der Waals surface area contributed by atoms with E-state index in [9.17, 15) is 9.18 Å². The highest BCUT2D eigenvalue weighted by Gasteiger charge is 2.15. The van der Waals surface area contributed by atoms with Crippen molar-refractivity contribution >= 4 is 17.4 Å². The number of ether oxygens (including phenoxy) is 1. The van der Waals surface area contributed by atoms with E-state index in [0.29, 0.717) is 41.4 Å². The van der Waals surface area contributed by atoms with Crippen LogP contribution in [0.15, 0.2) is 36.7 Å². The standard InChI is InChI=1S/C16H14FN5O2.C3H9N.C2H6/c17-11-1-2-13-10(7-11)8-19-14-3-5-22-15(21-14)12(9-20-22)16(23)18-4-6-24-13;1-4(2)3;1-2/h1-3,5,7,9H,4,6,8H2,(H,18,23)(H,19,21);1-3H3;1-2H3. The number of hydrogen-bond acceptors (Lipinski definition) is 6. The molecule has 0 fully saturated rings. The number of aromatic nitrogens is 3. The molecule has 0 spiro atoms. The number of benzene rings is 1. The summed E-state index contributed by atoms with van der Waals surface area (Å²) in [6, 6.07) is 6.08. The molecule has 3 heterocycles. The Kier molecular flexibility index (Phi) is 8.54. The van der Waals surface area contributed by atoms with Gasteiger partial charge in [-0.1, -0.05) is 13.8 Å². The number of carbonyl (C=O) groups is 1. The molecule has 1 aliphatic heterocycles. The highest BCUT2D eigenvalue weighted by atomic mass is 19.1. The Hall–Kier alpha value is -3.20. The molecule has 30 heavy (non-hydrogen) atoms. The second kappa shape index (κ2) is 11.1. The van der Waals surface area contributed by atoms with Crippen molar-refractivity contribution in [2.45, 2.75) is 20.4 Å². The van der Waals surface area contributed by atoms with Gasteiger partial charge in [0.05, 0.1) is 12.7 Å². The van der Waals surface area contributed by atoms with Gasteiger partial charge in [0, 0.05) is 18.3 Å². The van der Waals surface area contributed by atoms with E-state index in [1.165, 1.54) is 22.8 Å². The normalized spacial score (nSPS) is 13.1. The van der Waals surface area contributed by atoms with Gasteiger partial charge >= 0.3 is 0 Å². The van der Waals surface area contributed by atoms with E-state index in [4.69, 9.17) is 4.74 Å². The monoisotopic (exact) mass is 416 g/mol. The number of nitrogens with zero attached hydrogens (tertiary/aromatic N) is 4. The average molecular weight is 417 g/mol. The summed E-state index contributed by atoms with van der Waals surface area (Å²) in [5.74, 6) is 0.531. The SMILES string of the molecule is CC.CN(C)C.O=C1NCCOc2ccc(F)cc2CNc2ccn3ncc1c3n2. The summed E-state index contributed by atoms with van der Waals surface area (Å²) in [4.78, 5) is 18.7. The number of fused-ring (bicyclic) bond motifs is 2. The van der Waals surface area contributed by atoms with E-state index in [1.807, 2.05) is 39.9 Å². The molecule has 162 valence electrons. The zero-order chi connectivity index (χ0) is 22.1. The summed E-state index contributed by atoms with van der Waals surface area (Å²) in [7, 11) is 6.00. The zero-order valence-corrected chi connectivity index (χ0v) is 18.1.